The molecule has 1 aliphatic rings. The number of likely N-dealkylation sites (tertiary alicyclic amines) is 1. The molecule has 1 aromatic carbocycles. The maximum Gasteiger partial charge on any atom is 0.224 e. The molecule has 0 bridgehead atoms. The number of anilines is 1. The van der Waals surface area contributed by atoms with Crippen LogP contribution in [0.15, 0.2) is 29.3 Å². The van der Waals surface area contributed by atoms with Gasteiger partial charge >= 0.3 is 0 Å². The highest BCUT2D eigenvalue weighted by Crippen LogP contribution is 2.18. The number of guanidine groups is 1. The van der Waals surface area contributed by atoms with Crippen LogP contribution in [0.4, 0.5) is 5.69 Å². The minimum absolute atomic E-state index is 0.0602. The summed E-state index contributed by atoms with van der Waals surface area (Å²) in [5.41, 5.74) is 1.95. The van der Waals surface area contributed by atoms with Crippen molar-refractivity contribution in [2.75, 3.05) is 25.5 Å². The van der Waals surface area contributed by atoms with E-state index in [4.69, 9.17) is 0 Å². The van der Waals surface area contributed by atoms with Crippen LogP contribution in [0.1, 0.15) is 46.1 Å². The molecule has 1 heterocycles. The lowest BCUT2D eigenvalue weighted by Crippen LogP contribution is -2.46. The second-order valence-corrected chi connectivity index (χ2v) is 7.70. The summed E-state index contributed by atoms with van der Waals surface area (Å²) in [5.74, 6) is 1.46. The molecule has 6 heteroatoms. The molecule has 1 aliphatic heterocycles. The molecule has 1 aromatic rings. The van der Waals surface area contributed by atoms with Crippen LogP contribution in [-0.4, -0.2) is 49.0 Å². The number of hydrogen-bond donors (Lipinski definition) is 3. The molecule has 2 rings (SSSR count). The third-order valence-electron chi connectivity index (χ3n) is 5.06. The predicted molar refractivity (Wildman–Crippen MR) is 113 cm³/mol. The second-order valence-electron chi connectivity index (χ2n) is 7.70. The number of amides is 1. The van der Waals surface area contributed by atoms with Crippen molar-refractivity contribution in [2.45, 2.75) is 59.2 Å². The van der Waals surface area contributed by atoms with E-state index >= 15 is 0 Å². The zero-order chi connectivity index (χ0) is 19.8. The molecular formula is C21H35N5O. The van der Waals surface area contributed by atoms with Gasteiger partial charge in [-0.1, -0.05) is 26.0 Å². The number of carbonyl (C=O) groups excluding carboxylic acids is 1. The first kappa shape index (κ1) is 21.2. The summed E-state index contributed by atoms with van der Waals surface area (Å²) < 4.78 is 0. The van der Waals surface area contributed by atoms with Crippen LogP contribution in [0.2, 0.25) is 0 Å². The fraction of sp³-hybridized carbons (Fsp3) is 0.619. The van der Waals surface area contributed by atoms with E-state index in [0.29, 0.717) is 31.0 Å². The standard InChI is InChI=1S/C21H35N5O/c1-6-8-20(27)24-18-10-7-9-17(11-18)12-23-21(22-5)25-19-14-26(15(2)3)13-16(19)4/h7,9-11,15-16,19H,6,8,12-14H2,1-5H3,(H,24,27)(H2,22,23,25). The molecule has 0 aliphatic carbocycles. The molecule has 150 valence electrons. The van der Waals surface area contributed by atoms with Crippen LogP contribution in [0, 0.1) is 5.92 Å². The number of aliphatic imine (C=N–C) groups is 1. The van der Waals surface area contributed by atoms with Crippen molar-refractivity contribution >= 4 is 17.6 Å². The van der Waals surface area contributed by atoms with E-state index in [1.165, 1.54) is 0 Å². The van der Waals surface area contributed by atoms with E-state index in [0.717, 1.165) is 36.7 Å². The molecule has 6 nitrogen and oxygen atoms in total. The molecule has 2 unspecified atom stereocenters. The molecular weight excluding hydrogens is 338 g/mol. The number of carbonyl (C=O) groups is 1. The quantitative estimate of drug-likeness (QED) is 0.508. The Morgan fingerprint density at radius 3 is 2.74 bits per heavy atom. The third kappa shape index (κ3) is 6.54. The van der Waals surface area contributed by atoms with E-state index < -0.39 is 0 Å². The first-order valence-electron chi connectivity index (χ1n) is 10.0. The predicted octanol–water partition coefficient (Wildman–Crippen LogP) is 2.82. The fourth-order valence-corrected chi connectivity index (χ4v) is 3.38. The van der Waals surface area contributed by atoms with Gasteiger partial charge in [-0.15, -0.1) is 0 Å². The molecule has 0 radical (unpaired) electrons. The fourth-order valence-electron chi connectivity index (χ4n) is 3.38. The van der Waals surface area contributed by atoms with Crippen molar-refractivity contribution in [3.63, 3.8) is 0 Å². The van der Waals surface area contributed by atoms with E-state index in [9.17, 15) is 4.79 Å². The average molecular weight is 374 g/mol. The molecule has 1 saturated heterocycles. The van der Waals surface area contributed by atoms with Gasteiger partial charge in [0.25, 0.3) is 0 Å². The number of hydrogen-bond acceptors (Lipinski definition) is 3. The van der Waals surface area contributed by atoms with Crippen molar-refractivity contribution in [3.8, 4) is 0 Å². The van der Waals surface area contributed by atoms with Gasteiger partial charge in [-0.2, -0.15) is 0 Å². The van der Waals surface area contributed by atoms with Crippen LogP contribution in [0.5, 0.6) is 0 Å². The van der Waals surface area contributed by atoms with Crippen molar-refractivity contribution in [3.05, 3.63) is 29.8 Å². The summed E-state index contributed by atoms with van der Waals surface area (Å²) in [5, 5.41) is 9.90. The molecule has 1 amide bonds. The van der Waals surface area contributed by atoms with Gasteiger partial charge in [0.1, 0.15) is 0 Å². The Morgan fingerprint density at radius 2 is 2.11 bits per heavy atom. The summed E-state index contributed by atoms with van der Waals surface area (Å²) >= 11 is 0. The summed E-state index contributed by atoms with van der Waals surface area (Å²) in [6.07, 6.45) is 1.40. The molecule has 0 spiro atoms. The van der Waals surface area contributed by atoms with E-state index in [1.807, 2.05) is 25.1 Å². The van der Waals surface area contributed by atoms with Gasteiger partial charge in [-0.3, -0.25) is 14.7 Å². The van der Waals surface area contributed by atoms with E-state index in [2.05, 4.69) is 52.7 Å². The van der Waals surface area contributed by atoms with Gasteiger partial charge < -0.3 is 16.0 Å². The summed E-state index contributed by atoms with van der Waals surface area (Å²) in [4.78, 5) is 18.6. The largest absolute Gasteiger partial charge is 0.352 e. The zero-order valence-electron chi connectivity index (χ0n) is 17.4. The molecule has 0 aromatic heterocycles. The Balaban J connectivity index is 1.88. The maximum atomic E-state index is 11.8. The minimum atomic E-state index is 0.0602. The zero-order valence-corrected chi connectivity index (χ0v) is 17.4. The monoisotopic (exact) mass is 373 g/mol. The Morgan fingerprint density at radius 1 is 1.33 bits per heavy atom. The van der Waals surface area contributed by atoms with Gasteiger partial charge in [-0.05, 0) is 43.9 Å². The normalized spacial score (nSPS) is 20.7. The van der Waals surface area contributed by atoms with Gasteiger partial charge in [0.2, 0.25) is 5.91 Å². The Kier molecular flexibility index (Phi) is 8.10. The second kappa shape index (κ2) is 10.3. The molecule has 3 N–H and O–H groups in total. The van der Waals surface area contributed by atoms with Gasteiger partial charge in [0.05, 0.1) is 0 Å². The number of rotatable bonds is 7. The Labute approximate surface area is 163 Å². The molecule has 1 fully saturated rings. The maximum absolute atomic E-state index is 11.8. The van der Waals surface area contributed by atoms with Crippen LogP contribution < -0.4 is 16.0 Å². The highest BCUT2D eigenvalue weighted by molar-refractivity contribution is 5.90. The summed E-state index contributed by atoms with van der Waals surface area (Å²) in [6, 6.07) is 8.92. The average Bonchev–Trinajstić information content (AvgIpc) is 3.00. The Bertz CT molecular complexity index is 643. The van der Waals surface area contributed by atoms with Crippen molar-refractivity contribution in [1.82, 2.24) is 15.5 Å². The molecule has 2 atom stereocenters. The first-order chi connectivity index (χ1) is 12.9. The lowest BCUT2D eigenvalue weighted by molar-refractivity contribution is -0.116. The van der Waals surface area contributed by atoms with Crippen LogP contribution in [-0.2, 0) is 11.3 Å². The van der Waals surface area contributed by atoms with Crippen LogP contribution in [0.3, 0.4) is 0 Å². The number of benzene rings is 1. The SMILES string of the molecule is CCCC(=O)Nc1cccc(CNC(=NC)NC2CN(C(C)C)CC2C)c1. The number of nitrogens with zero attached hydrogens (tertiary/aromatic N) is 2. The van der Waals surface area contributed by atoms with E-state index in [1.54, 1.807) is 7.05 Å². The number of nitrogens with one attached hydrogen (secondary N) is 3. The minimum Gasteiger partial charge on any atom is -0.352 e. The van der Waals surface area contributed by atoms with Crippen LogP contribution >= 0.6 is 0 Å². The van der Waals surface area contributed by atoms with Crippen molar-refractivity contribution in [1.29, 1.82) is 0 Å². The van der Waals surface area contributed by atoms with Gasteiger partial charge in [0.15, 0.2) is 5.96 Å². The topological polar surface area (TPSA) is 68.8 Å². The first-order valence-corrected chi connectivity index (χ1v) is 10.0. The van der Waals surface area contributed by atoms with Crippen LogP contribution in [0.25, 0.3) is 0 Å². The van der Waals surface area contributed by atoms with E-state index in [-0.39, 0.29) is 5.91 Å². The lowest BCUT2D eigenvalue weighted by Gasteiger charge is -2.22. The molecule has 27 heavy (non-hydrogen) atoms. The lowest BCUT2D eigenvalue weighted by atomic mass is 10.1. The van der Waals surface area contributed by atoms with Crippen molar-refractivity contribution in [2.24, 2.45) is 10.9 Å². The van der Waals surface area contributed by atoms with Gasteiger partial charge in [0, 0.05) is 50.9 Å². The smallest absolute Gasteiger partial charge is 0.224 e. The summed E-state index contributed by atoms with van der Waals surface area (Å²) in [6.45, 7) is 11.6. The Hall–Kier alpha value is -2.08. The third-order valence-corrected chi connectivity index (χ3v) is 5.06. The highest BCUT2D eigenvalue weighted by atomic mass is 16.1. The highest BCUT2D eigenvalue weighted by Gasteiger charge is 2.31. The summed E-state index contributed by atoms with van der Waals surface area (Å²) in [7, 11) is 1.80. The van der Waals surface area contributed by atoms with Crippen molar-refractivity contribution < 1.29 is 4.79 Å². The molecule has 0 saturated carbocycles. The van der Waals surface area contributed by atoms with Gasteiger partial charge in [-0.25, -0.2) is 0 Å².